The third-order valence-corrected chi connectivity index (χ3v) is 2.04. The van der Waals surface area contributed by atoms with Crippen LogP contribution in [0.5, 0.6) is 0 Å². The van der Waals surface area contributed by atoms with Crippen LogP contribution in [0.3, 0.4) is 0 Å². The van der Waals surface area contributed by atoms with Crippen LogP contribution in [-0.2, 0) is 6.54 Å². The molecule has 0 fully saturated rings. The summed E-state index contributed by atoms with van der Waals surface area (Å²) in [7, 11) is 0. The normalized spacial score (nSPS) is 10.8. The van der Waals surface area contributed by atoms with Crippen molar-refractivity contribution in [2.75, 3.05) is 0 Å². The van der Waals surface area contributed by atoms with Gasteiger partial charge in [-0.15, -0.1) is 0 Å². The van der Waals surface area contributed by atoms with Gasteiger partial charge >= 0.3 is 0 Å². The van der Waals surface area contributed by atoms with E-state index >= 15 is 0 Å². The van der Waals surface area contributed by atoms with Crippen molar-refractivity contribution in [2.45, 2.75) is 6.54 Å². The Morgan fingerprint density at radius 2 is 1.75 bits per heavy atom. The lowest BCUT2D eigenvalue weighted by molar-refractivity contribution is 0.386. The zero-order valence-electron chi connectivity index (χ0n) is 8.01. The summed E-state index contributed by atoms with van der Waals surface area (Å²) in [5.41, 5.74) is 5.59. The lowest BCUT2D eigenvalue weighted by Crippen LogP contribution is -1.93. The van der Waals surface area contributed by atoms with E-state index in [1.165, 1.54) is 6.07 Å². The molecular weight excluding hydrogens is 221 g/mol. The molecule has 2 N–H and O–H groups in total. The largest absolute Gasteiger partial charge is 0.359 e. The van der Waals surface area contributed by atoms with E-state index in [0.717, 1.165) is 12.1 Å². The van der Waals surface area contributed by atoms with Gasteiger partial charge in [-0.05, 0) is 12.1 Å². The highest BCUT2D eigenvalue weighted by Crippen LogP contribution is 2.23. The van der Waals surface area contributed by atoms with Gasteiger partial charge in [0.05, 0.1) is 6.54 Å². The average molecular weight is 228 g/mol. The highest BCUT2D eigenvalue weighted by Gasteiger charge is 2.13. The van der Waals surface area contributed by atoms with E-state index in [1.807, 2.05) is 0 Å². The molecule has 0 atom stereocenters. The first kappa shape index (κ1) is 10.7. The predicted molar refractivity (Wildman–Crippen MR) is 49.7 cm³/mol. The smallest absolute Gasteiger partial charge is 0.194 e. The Bertz CT molecular complexity index is 502. The molecule has 0 aliphatic carbocycles. The molecule has 0 bridgehead atoms. The number of rotatable bonds is 2. The maximum atomic E-state index is 12.9. The van der Waals surface area contributed by atoms with Crippen LogP contribution in [0.1, 0.15) is 5.76 Å². The molecule has 0 spiro atoms. The van der Waals surface area contributed by atoms with Crippen LogP contribution in [-0.4, -0.2) is 5.16 Å². The predicted octanol–water partition coefficient (Wildman–Crippen LogP) is 2.22. The van der Waals surface area contributed by atoms with Crippen molar-refractivity contribution < 1.29 is 17.7 Å². The number of hydrogen-bond donors (Lipinski definition) is 1. The van der Waals surface area contributed by atoms with Gasteiger partial charge in [-0.1, -0.05) is 5.16 Å². The van der Waals surface area contributed by atoms with Crippen LogP contribution < -0.4 is 5.73 Å². The van der Waals surface area contributed by atoms with Gasteiger partial charge in [-0.2, -0.15) is 0 Å². The van der Waals surface area contributed by atoms with E-state index in [0.29, 0.717) is 5.76 Å². The molecule has 0 saturated carbocycles. The summed E-state index contributed by atoms with van der Waals surface area (Å²) < 4.78 is 43.3. The minimum atomic E-state index is -1.51. The highest BCUT2D eigenvalue weighted by atomic mass is 19.2. The van der Waals surface area contributed by atoms with E-state index in [1.54, 1.807) is 0 Å². The van der Waals surface area contributed by atoms with Gasteiger partial charge in [0.1, 0.15) is 5.69 Å². The van der Waals surface area contributed by atoms with Crippen molar-refractivity contribution in [3.05, 3.63) is 41.4 Å². The van der Waals surface area contributed by atoms with Crippen LogP contribution >= 0.6 is 0 Å². The SMILES string of the molecule is NCc1cc(-c2cc(F)c(F)c(F)c2)no1. The summed E-state index contributed by atoms with van der Waals surface area (Å²) in [6, 6.07) is 3.12. The Kier molecular flexibility index (Phi) is 2.66. The number of halogens is 3. The Labute approximate surface area is 88.7 Å². The van der Waals surface area contributed by atoms with Crippen molar-refractivity contribution in [1.82, 2.24) is 5.16 Å². The van der Waals surface area contributed by atoms with Crippen LogP contribution in [0, 0.1) is 17.5 Å². The molecule has 1 aromatic carbocycles. The lowest BCUT2D eigenvalue weighted by Gasteiger charge is -1.98. The molecule has 0 aliphatic heterocycles. The molecular formula is C10H7F3N2O. The monoisotopic (exact) mass is 228 g/mol. The van der Waals surface area contributed by atoms with Crippen molar-refractivity contribution in [3.63, 3.8) is 0 Å². The van der Waals surface area contributed by atoms with Crippen molar-refractivity contribution >= 4 is 0 Å². The van der Waals surface area contributed by atoms with E-state index < -0.39 is 17.5 Å². The molecule has 1 heterocycles. The van der Waals surface area contributed by atoms with Crippen LogP contribution in [0.2, 0.25) is 0 Å². The van der Waals surface area contributed by atoms with E-state index in [2.05, 4.69) is 5.16 Å². The molecule has 0 radical (unpaired) electrons. The number of nitrogens with zero attached hydrogens (tertiary/aromatic N) is 1. The quantitative estimate of drug-likeness (QED) is 0.802. The minimum Gasteiger partial charge on any atom is -0.359 e. The number of benzene rings is 1. The summed E-state index contributed by atoms with van der Waals surface area (Å²) in [6.45, 7) is 0.124. The molecule has 0 unspecified atom stereocenters. The van der Waals surface area contributed by atoms with Crippen molar-refractivity contribution in [1.29, 1.82) is 0 Å². The zero-order valence-corrected chi connectivity index (χ0v) is 8.01. The van der Waals surface area contributed by atoms with E-state index in [-0.39, 0.29) is 17.8 Å². The Balaban J connectivity index is 2.48. The molecule has 6 heteroatoms. The van der Waals surface area contributed by atoms with Crippen LogP contribution in [0.25, 0.3) is 11.3 Å². The third kappa shape index (κ3) is 1.79. The number of hydrogen-bond acceptors (Lipinski definition) is 3. The van der Waals surface area contributed by atoms with Crippen LogP contribution in [0.4, 0.5) is 13.2 Å². The minimum absolute atomic E-state index is 0.0971. The first-order valence-electron chi connectivity index (χ1n) is 4.42. The van der Waals surface area contributed by atoms with Crippen LogP contribution in [0.15, 0.2) is 22.7 Å². The van der Waals surface area contributed by atoms with Crippen molar-refractivity contribution in [2.24, 2.45) is 5.73 Å². The van der Waals surface area contributed by atoms with Gasteiger partial charge in [-0.3, -0.25) is 0 Å². The van der Waals surface area contributed by atoms with E-state index in [4.69, 9.17) is 10.3 Å². The molecule has 0 aliphatic rings. The van der Waals surface area contributed by atoms with Gasteiger partial charge in [0, 0.05) is 11.6 Å². The first-order valence-corrected chi connectivity index (χ1v) is 4.42. The summed E-state index contributed by atoms with van der Waals surface area (Å²) in [5, 5.41) is 3.56. The molecule has 2 rings (SSSR count). The fourth-order valence-electron chi connectivity index (χ4n) is 1.25. The summed E-state index contributed by atoms with van der Waals surface area (Å²) >= 11 is 0. The fraction of sp³-hybridized carbons (Fsp3) is 0.100. The summed E-state index contributed by atoms with van der Waals surface area (Å²) in [6.07, 6.45) is 0. The molecule has 0 saturated heterocycles. The first-order chi connectivity index (χ1) is 7.61. The second-order valence-electron chi connectivity index (χ2n) is 3.14. The second-order valence-corrected chi connectivity index (χ2v) is 3.14. The fourth-order valence-corrected chi connectivity index (χ4v) is 1.25. The Morgan fingerprint density at radius 3 is 2.25 bits per heavy atom. The zero-order chi connectivity index (χ0) is 11.7. The van der Waals surface area contributed by atoms with Gasteiger partial charge in [0.2, 0.25) is 0 Å². The Morgan fingerprint density at radius 1 is 1.12 bits per heavy atom. The third-order valence-electron chi connectivity index (χ3n) is 2.04. The second kappa shape index (κ2) is 3.97. The summed E-state index contributed by atoms with van der Waals surface area (Å²) in [4.78, 5) is 0. The molecule has 1 aromatic heterocycles. The lowest BCUT2D eigenvalue weighted by atomic mass is 10.1. The molecule has 2 aromatic rings. The molecule has 0 amide bonds. The number of nitrogens with two attached hydrogens (primary N) is 1. The van der Waals surface area contributed by atoms with Gasteiger partial charge in [-0.25, -0.2) is 13.2 Å². The number of aromatic nitrogens is 1. The maximum Gasteiger partial charge on any atom is 0.194 e. The van der Waals surface area contributed by atoms with Gasteiger partial charge in [0.25, 0.3) is 0 Å². The molecule has 84 valence electrons. The summed E-state index contributed by atoms with van der Waals surface area (Å²) in [5.74, 6) is -3.67. The average Bonchev–Trinajstić information content (AvgIpc) is 2.73. The maximum absolute atomic E-state index is 12.9. The highest BCUT2D eigenvalue weighted by molar-refractivity contribution is 5.59. The van der Waals surface area contributed by atoms with E-state index in [9.17, 15) is 13.2 Å². The Hall–Kier alpha value is -1.82. The van der Waals surface area contributed by atoms with Crippen molar-refractivity contribution in [3.8, 4) is 11.3 Å². The van der Waals surface area contributed by atoms with Gasteiger partial charge < -0.3 is 10.3 Å². The standard InChI is InChI=1S/C10H7F3N2O/c11-7-1-5(2-8(12)10(7)13)9-3-6(4-14)16-15-9/h1-3H,4,14H2. The topological polar surface area (TPSA) is 52.0 Å². The van der Waals surface area contributed by atoms with Gasteiger partial charge in [0.15, 0.2) is 23.2 Å². The molecule has 16 heavy (non-hydrogen) atoms. The molecule has 3 nitrogen and oxygen atoms in total.